The number of carbonyl (C=O) groups excluding carboxylic acids is 1. The zero-order valence-corrected chi connectivity index (χ0v) is 11.1. The van der Waals surface area contributed by atoms with Crippen LogP contribution in [0.4, 0.5) is 0 Å². The molecule has 1 N–H and O–H groups in total. The Bertz CT molecular complexity index is 468. The van der Waals surface area contributed by atoms with E-state index in [1.807, 2.05) is 25.7 Å². The molecule has 0 aliphatic carbocycles. The second-order valence-electron chi connectivity index (χ2n) is 5.33. The van der Waals surface area contributed by atoms with Gasteiger partial charge in [0.15, 0.2) is 0 Å². The summed E-state index contributed by atoms with van der Waals surface area (Å²) in [6.45, 7) is 7.56. The van der Waals surface area contributed by atoms with Crippen molar-refractivity contribution >= 4 is 5.91 Å². The average molecular weight is 249 g/mol. The van der Waals surface area contributed by atoms with Crippen LogP contribution in [-0.4, -0.2) is 41.2 Å². The summed E-state index contributed by atoms with van der Waals surface area (Å²) in [5.41, 5.74) is 1.15. The number of aryl methyl sites for hydroxylation is 1. The molecule has 0 unspecified atom stereocenters. The minimum Gasteiger partial charge on any atom is -0.508 e. The fraction of sp³-hybridized carbons (Fsp3) is 0.500. The number of morpholine rings is 1. The standard InChI is InChI=1S/C14H19NO3/c1-10-8-11(16)4-5-12(10)13(17)15-6-7-18-14(2,3)9-15/h4-5,8,16H,6-7,9H2,1-3H3. The van der Waals surface area contributed by atoms with E-state index in [0.29, 0.717) is 25.3 Å². The molecule has 1 aliphatic rings. The van der Waals surface area contributed by atoms with Crippen molar-refractivity contribution in [2.45, 2.75) is 26.4 Å². The third kappa shape index (κ3) is 2.64. The zero-order chi connectivity index (χ0) is 13.3. The van der Waals surface area contributed by atoms with Gasteiger partial charge in [-0.25, -0.2) is 0 Å². The number of benzene rings is 1. The lowest BCUT2D eigenvalue weighted by Crippen LogP contribution is -2.50. The van der Waals surface area contributed by atoms with Gasteiger partial charge in [0, 0.05) is 18.7 Å². The summed E-state index contributed by atoms with van der Waals surface area (Å²) in [5.74, 6) is 0.190. The number of hydrogen-bond acceptors (Lipinski definition) is 3. The summed E-state index contributed by atoms with van der Waals surface area (Å²) in [7, 11) is 0. The second kappa shape index (κ2) is 4.61. The van der Waals surface area contributed by atoms with Crippen molar-refractivity contribution in [3.63, 3.8) is 0 Å². The lowest BCUT2D eigenvalue weighted by molar-refractivity contribution is -0.0764. The molecule has 2 rings (SSSR count). The van der Waals surface area contributed by atoms with Crippen LogP contribution in [0.25, 0.3) is 0 Å². The highest BCUT2D eigenvalue weighted by atomic mass is 16.5. The maximum atomic E-state index is 12.4. The molecule has 4 nitrogen and oxygen atoms in total. The highest BCUT2D eigenvalue weighted by Crippen LogP contribution is 2.21. The van der Waals surface area contributed by atoms with Crippen LogP contribution in [0.1, 0.15) is 29.8 Å². The van der Waals surface area contributed by atoms with Gasteiger partial charge in [-0.3, -0.25) is 4.79 Å². The first-order valence-corrected chi connectivity index (χ1v) is 6.12. The molecule has 0 bridgehead atoms. The van der Waals surface area contributed by atoms with E-state index in [1.54, 1.807) is 18.2 Å². The summed E-state index contributed by atoms with van der Waals surface area (Å²) in [5, 5.41) is 9.37. The van der Waals surface area contributed by atoms with Gasteiger partial charge < -0.3 is 14.7 Å². The van der Waals surface area contributed by atoms with Crippen LogP contribution >= 0.6 is 0 Å². The van der Waals surface area contributed by atoms with Crippen LogP contribution in [0.2, 0.25) is 0 Å². The highest BCUT2D eigenvalue weighted by Gasteiger charge is 2.30. The molecule has 0 spiro atoms. The van der Waals surface area contributed by atoms with Crippen molar-refractivity contribution in [2.24, 2.45) is 0 Å². The molecule has 0 aromatic heterocycles. The minimum atomic E-state index is -0.293. The monoisotopic (exact) mass is 249 g/mol. The number of hydrogen-bond donors (Lipinski definition) is 1. The van der Waals surface area contributed by atoms with Gasteiger partial charge in [-0.1, -0.05) is 0 Å². The molecular weight excluding hydrogens is 230 g/mol. The molecule has 1 amide bonds. The van der Waals surface area contributed by atoms with Crippen molar-refractivity contribution in [1.29, 1.82) is 0 Å². The van der Waals surface area contributed by atoms with Crippen molar-refractivity contribution in [2.75, 3.05) is 19.7 Å². The molecule has 18 heavy (non-hydrogen) atoms. The summed E-state index contributed by atoms with van der Waals surface area (Å²) in [6.07, 6.45) is 0. The van der Waals surface area contributed by atoms with Gasteiger partial charge in [0.2, 0.25) is 0 Å². The topological polar surface area (TPSA) is 49.8 Å². The minimum absolute atomic E-state index is 0.00359. The van der Waals surface area contributed by atoms with E-state index in [-0.39, 0.29) is 17.3 Å². The van der Waals surface area contributed by atoms with Crippen molar-refractivity contribution in [1.82, 2.24) is 4.90 Å². The van der Waals surface area contributed by atoms with Gasteiger partial charge >= 0.3 is 0 Å². The lowest BCUT2D eigenvalue weighted by atomic mass is 10.0. The van der Waals surface area contributed by atoms with Crippen LogP contribution in [0.5, 0.6) is 5.75 Å². The number of nitrogens with zero attached hydrogens (tertiary/aromatic N) is 1. The van der Waals surface area contributed by atoms with Gasteiger partial charge in [-0.05, 0) is 44.5 Å². The Kier molecular flexibility index (Phi) is 3.30. The molecule has 1 aromatic carbocycles. The van der Waals surface area contributed by atoms with Gasteiger partial charge in [0.1, 0.15) is 5.75 Å². The molecule has 1 aromatic rings. The van der Waals surface area contributed by atoms with Crippen LogP contribution in [0.3, 0.4) is 0 Å². The van der Waals surface area contributed by atoms with E-state index in [1.165, 1.54) is 0 Å². The molecule has 1 aliphatic heterocycles. The number of rotatable bonds is 1. The van der Waals surface area contributed by atoms with E-state index in [0.717, 1.165) is 5.56 Å². The van der Waals surface area contributed by atoms with E-state index in [4.69, 9.17) is 4.74 Å². The number of phenolic OH excluding ortho intramolecular Hbond substituents is 1. The lowest BCUT2D eigenvalue weighted by Gasteiger charge is -2.38. The number of amides is 1. The Morgan fingerprint density at radius 2 is 2.17 bits per heavy atom. The fourth-order valence-electron chi connectivity index (χ4n) is 2.25. The average Bonchev–Trinajstić information content (AvgIpc) is 2.27. The van der Waals surface area contributed by atoms with E-state index < -0.39 is 0 Å². The van der Waals surface area contributed by atoms with E-state index in [2.05, 4.69) is 0 Å². The first kappa shape index (κ1) is 12.9. The van der Waals surface area contributed by atoms with Crippen molar-refractivity contribution in [3.8, 4) is 5.75 Å². The molecular formula is C14H19NO3. The number of ether oxygens (including phenoxy) is 1. The Morgan fingerprint density at radius 3 is 2.78 bits per heavy atom. The van der Waals surface area contributed by atoms with Crippen LogP contribution in [-0.2, 0) is 4.74 Å². The third-order valence-corrected chi connectivity index (χ3v) is 3.15. The fourth-order valence-corrected chi connectivity index (χ4v) is 2.25. The third-order valence-electron chi connectivity index (χ3n) is 3.15. The van der Waals surface area contributed by atoms with Crippen LogP contribution in [0.15, 0.2) is 18.2 Å². The first-order valence-electron chi connectivity index (χ1n) is 6.12. The molecule has 1 heterocycles. The normalized spacial score (nSPS) is 18.7. The summed E-state index contributed by atoms with van der Waals surface area (Å²) in [4.78, 5) is 14.2. The van der Waals surface area contributed by atoms with Gasteiger partial charge in [-0.15, -0.1) is 0 Å². The summed E-state index contributed by atoms with van der Waals surface area (Å²) in [6, 6.07) is 4.83. The Labute approximate surface area is 107 Å². The highest BCUT2D eigenvalue weighted by molar-refractivity contribution is 5.95. The Morgan fingerprint density at radius 1 is 1.44 bits per heavy atom. The molecule has 1 saturated heterocycles. The van der Waals surface area contributed by atoms with Gasteiger partial charge in [0.05, 0.1) is 12.2 Å². The summed E-state index contributed by atoms with van der Waals surface area (Å²) >= 11 is 0. The molecule has 4 heteroatoms. The first-order chi connectivity index (χ1) is 8.39. The summed E-state index contributed by atoms with van der Waals surface area (Å²) < 4.78 is 5.60. The number of aromatic hydroxyl groups is 1. The molecule has 98 valence electrons. The number of carbonyl (C=O) groups is 1. The van der Waals surface area contributed by atoms with Gasteiger partial charge in [-0.2, -0.15) is 0 Å². The predicted molar refractivity (Wildman–Crippen MR) is 68.8 cm³/mol. The van der Waals surface area contributed by atoms with Crippen molar-refractivity contribution in [3.05, 3.63) is 29.3 Å². The Balaban J connectivity index is 2.20. The predicted octanol–water partition coefficient (Wildman–Crippen LogP) is 1.95. The maximum absolute atomic E-state index is 12.4. The molecule has 1 fully saturated rings. The van der Waals surface area contributed by atoms with Crippen molar-refractivity contribution < 1.29 is 14.6 Å². The smallest absolute Gasteiger partial charge is 0.254 e. The van der Waals surface area contributed by atoms with Gasteiger partial charge in [0.25, 0.3) is 5.91 Å². The zero-order valence-electron chi connectivity index (χ0n) is 11.1. The molecule has 0 atom stereocenters. The second-order valence-corrected chi connectivity index (χ2v) is 5.33. The van der Waals surface area contributed by atoms with E-state index >= 15 is 0 Å². The Hall–Kier alpha value is -1.55. The molecule has 0 saturated carbocycles. The maximum Gasteiger partial charge on any atom is 0.254 e. The van der Waals surface area contributed by atoms with Crippen LogP contribution in [0, 0.1) is 6.92 Å². The van der Waals surface area contributed by atoms with E-state index in [9.17, 15) is 9.90 Å². The van der Waals surface area contributed by atoms with Crippen LogP contribution < -0.4 is 0 Å². The number of phenols is 1. The molecule has 0 radical (unpaired) electrons. The largest absolute Gasteiger partial charge is 0.508 e. The SMILES string of the molecule is Cc1cc(O)ccc1C(=O)N1CCOC(C)(C)C1. The quantitative estimate of drug-likeness (QED) is 0.827.